The Morgan fingerprint density at radius 3 is 2.47 bits per heavy atom. The monoisotopic (exact) mass is 440 g/mol. The van der Waals surface area contributed by atoms with Crippen molar-refractivity contribution in [2.75, 3.05) is 38.3 Å². The molecule has 0 unspecified atom stereocenters. The summed E-state index contributed by atoms with van der Waals surface area (Å²) in [5.74, 6) is -2.18. The van der Waals surface area contributed by atoms with Gasteiger partial charge in [0.2, 0.25) is 5.43 Å². The zero-order chi connectivity index (χ0) is 22.1. The summed E-state index contributed by atoms with van der Waals surface area (Å²) >= 11 is 6.35. The lowest BCUT2D eigenvalue weighted by atomic mass is 10.1. The smallest absolute Gasteiger partial charge is 0.341 e. The summed E-state index contributed by atoms with van der Waals surface area (Å²) in [6.07, 6.45) is 2.07. The zero-order valence-corrected chi connectivity index (χ0v) is 17.4. The zero-order valence-electron chi connectivity index (χ0n) is 16.6. The molecule has 0 spiro atoms. The van der Waals surface area contributed by atoms with Crippen LogP contribution in [0.3, 0.4) is 0 Å². The van der Waals surface area contributed by atoms with Crippen molar-refractivity contribution in [1.29, 1.82) is 0 Å². The summed E-state index contributed by atoms with van der Waals surface area (Å²) in [7, 11) is 0. The van der Waals surface area contributed by atoms with E-state index < -0.39 is 17.4 Å². The number of carboxylic acid groups (broad SMARTS) is 2. The van der Waals surface area contributed by atoms with Crippen molar-refractivity contribution in [3.63, 3.8) is 0 Å². The Morgan fingerprint density at radius 2 is 1.83 bits per heavy atom. The summed E-state index contributed by atoms with van der Waals surface area (Å²) < 4.78 is 12.2. The number of carboxylic acids is 2. The lowest BCUT2D eigenvalue weighted by Crippen LogP contribution is -2.19. The molecule has 10 heteroatoms. The van der Waals surface area contributed by atoms with Crippen molar-refractivity contribution >= 4 is 40.1 Å². The highest BCUT2D eigenvalue weighted by Crippen LogP contribution is 2.27. The van der Waals surface area contributed by atoms with E-state index in [0.717, 1.165) is 6.42 Å². The highest BCUT2D eigenvalue weighted by molar-refractivity contribution is 6.34. The van der Waals surface area contributed by atoms with Crippen LogP contribution in [0.1, 0.15) is 30.1 Å². The summed E-state index contributed by atoms with van der Waals surface area (Å²) in [4.78, 5) is 34.4. The number of halogens is 1. The van der Waals surface area contributed by atoms with E-state index in [2.05, 4.69) is 5.32 Å². The van der Waals surface area contributed by atoms with E-state index >= 15 is 0 Å². The van der Waals surface area contributed by atoms with E-state index in [9.17, 15) is 19.5 Å². The molecule has 1 aromatic carbocycles. The fourth-order valence-corrected chi connectivity index (χ4v) is 3.09. The van der Waals surface area contributed by atoms with Gasteiger partial charge in [0.1, 0.15) is 5.56 Å². The molecule has 0 saturated heterocycles. The van der Waals surface area contributed by atoms with E-state index in [1.54, 1.807) is 16.7 Å². The van der Waals surface area contributed by atoms with E-state index in [1.165, 1.54) is 6.20 Å². The number of aromatic carboxylic acids is 1. The molecule has 9 nitrogen and oxygen atoms in total. The minimum absolute atomic E-state index is 0.0500. The largest absolute Gasteiger partial charge is 0.481 e. The maximum absolute atomic E-state index is 12.6. The third-order valence-electron chi connectivity index (χ3n) is 4.26. The molecule has 0 saturated carbocycles. The SMILES string of the molecule is CCCn1cc(C(=O)O)c(=O)c2cc(NCCOCCOCCC(=O)O)c(Cl)cc21. The molecule has 0 amide bonds. The van der Waals surface area contributed by atoms with Gasteiger partial charge in [0.05, 0.1) is 49.1 Å². The Labute approximate surface area is 178 Å². The number of pyridine rings is 1. The number of fused-ring (bicyclic) bond motifs is 1. The van der Waals surface area contributed by atoms with Crippen LogP contribution in [0.4, 0.5) is 5.69 Å². The predicted molar refractivity (Wildman–Crippen MR) is 113 cm³/mol. The predicted octanol–water partition coefficient (Wildman–Crippen LogP) is 2.68. The first-order valence-corrected chi connectivity index (χ1v) is 9.94. The van der Waals surface area contributed by atoms with Crippen LogP contribution in [0.2, 0.25) is 5.02 Å². The number of nitrogens with one attached hydrogen (secondary N) is 1. The minimum Gasteiger partial charge on any atom is -0.481 e. The second-order valence-corrected chi connectivity index (χ2v) is 6.92. The van der Waals surface area contributed by atoms with Gasteiger partial charge >= 0.3 is 11.9 Å². The molecule has 1 aromatic heterocycles. The molecule has 2 aromatic rings. The van der Waals surface area contributed by atoms with Gasteiger partial charge in [-0.2, -0.15) is 0 Å². The van der Waals surface area contributed by atoms with Crippen LogP contribution < -0.4 is 10.7 Å². The van der Waals surface area contributed by atoms with Gasteiger partial charge in [-0.25, -0.2) is 4.79 Å². The average molecular weight is 441 g/mol. The number of aromatic nitrogens is 1. The Hall–Kier alpha value is -2.62. The van der Waals surface area contributed by atoms with Gasteiger partial charge in [-0.15, -0.1) is 0 Å². The van der Waals surface area contributed by atoms with E-state index in [1.807, 2.05) is 6.92 Å². The standard InChI is InChI=1S/C20H25ClN2O7/c1-2-5-23-12-14(20(27)28)19(26)13-10-16(15(21)11-17(13)23)22-4-7-30-9-8-29-6-3-18(24)25/h10-12,22H,2-9H2,1H3,(H,24,25)(H,27,28). The Bertz CT molecular complexity index is 958. The molecule has 0 aliphatic carbocycles. The number of carbonyl (C=O) groups is 2. The number of ether oxygens (including phenoxy) is 2. The maximum Gasteiger partial charge on any atom is 0.341 e. The van der Waals surface area contributed by atoms with Gasteiger partial charge in [0, 0.05) is 24.7 Å². The molecule has 0 atom stereocenters. The number of aryl methyl sites for hydroxylation is 1. The minimum atomic E-state index is -1.27. The number of hydrogen-bond acceptors (Lipinski definition) is 6. The van der Waals surface area contributed by atoms with Crippen LogP contribution in [-0.2, 0) is 20.8 Å². The molecule has 164 valence electrons. The molecule has 30 heavy (non-hydrogen) atoms. The van der Waals surface area contributed by atoms with Crippen molar-refractivity contribution < 1.29 is 29.3 Å². The second-order valence-electron chi connectivity index (χ2n) is 6.51. The fraction of sp³-hybridized carbons (Fsp3) is 0.450. The maximum atomic E-state index is 12.6. The first kappa shape index (κ1) is 23.7. The molecule has 3 N–H and O–H groups in total. The number of rotatable bonds is 13. The number of aliphatic carboxylic acids is 1. The molecule has 2 rings (SSSR count). The summed E-state index contributed by atoms with van der Waals surface area (Å²) in [5.41, 5.74) is 0.250. The van der Waals surface area contributed by atoms with Crippen LogP contribution in [0.25, 0.3) is 10.9 Å². The Kier molecular flexibility index (Phi) is 9.10. The molecule has 1 heterocycles. The molecular formula is C20H25ClN2O7. The van der Waals surface area contributed by atoms with Crippen molar-refractivity contribution in [1.82, 2.24) is 4.57 Å². The second kappa shape index (κ2) is 11.5. The van der Waals surface area contributed by atoms with E-state index in [4.69, 9.17) is 26.2 Å². The molecule has 0 radical (unpaired) electrons. The lowest BCUT2D eigenvalue weighted by molar-refractivity contribution is -0.138. The van der Waals surface area contributed by atoms with Crippen molar-refractivity contribution in [3.05, 3.63) is 39.1 Å². The van der Waals surface area contributed by atoms with Gasteiger partial charge in [-0.3, -0.25) is 9.59 Å². The molecule has 0 aliphatic heterocycles. The molecule has 0 fully saturated rings. The van der Waals surface area contributed by atoms with Crippen LogP contribution in [-0.4, -0.2) is 59.7 Å². The van der Waals surface area contributed by atoms with Gasteiger partial charge in [-0.1, -0.05) is 18.5 Å². The lowest BCUT2D eigenvalue weighted by Gasteiger charge is -2.15. The van der Waals surface area contributed by atoms with Crippen molar-refractivity contribution in [2.24, 2.45) is 0 Å². The summed E-state index contributed by atoms with van der Waals surface area (Å²) in [6.45, 7) is 4.00. The molecule has 0 aliphatic rings. The van der Waals surface area contributed by atoms with E-state index in [-0.39, 0.29) is 24.0 Å². The average Bonchev–Trinajstić information content (AvgIpc) is 2.69. The first-order valence-electron chi connectivity index (χ1n) is 9.56. The molecular weight excluding hydrogens is 416 g/mol. The summed E-state index contributed by atoms with van der Waals surface area (Å²) in [6, 6.07) is 3.21. The van der Waals surface area contributed by atoms with Crippen LogP contribution in [0, 0.1) is 0 Å². The third kappa shape index (κ3) is 6.45. The number of anilines is 1. The number of nitrogens with zero attached hydrogens (tertiary/aromatic N) is 1. The molecule has 0 bridgehead atoms. The Balaban J connectivity index is 2.02. The van der Waals surface area contributed by atoms with Crippen molar-refractivity contribution in [3.8, 4) is 0 Å². The highest BCUT2D eigenvalue weighted by atomic mass is 35.5. The fourth-order valence-electron chi connectivity index (χ4n) is 2.86. The van der Waals surface area contributed by atoms with Crippen molar-refractivity contribution in [2.45, 2.75) is 26.3 Å². The van der Waals surface area contributed by atoms with Gasteiger partial charge < -0.3 is 29.6 Å². The highest BCUT2D eigenvalue weighted by Gasteiger charge is 2.16. The van der Waals surface area contributed by atoms with Crippen LogP contribution in [0.5, 0.6) is 0 Å². The third-order valence-corrected chi connectivity index (χ3v) is 4.57. The van der Waals surface area contributed by atoms with Gasteiger partial charge in [-0.05, 0) is 18.6 Å². The Morgan fingerprint density at radius 1 is 1.13 bits per heavy atom. The van der Waals surface area contributed by atoms with Gasteiger partial charge in [0.25, 0.3) is 0 Å². The number of hydrogen-bond donors (Lipinski definition) is 3. The summed E-state index contributed by atoms with van der Waals surface area (Å²) in [5, 5.41) is 21.6. The topological polar surface area (TPSA) is 127 Å². The first-order chi connectivity index (χ1) is 14.3. The normalized spacial score (nSPS) is 11.0. The van der Waals surface area contributed by atoms with Crippen LogP contribution in [0.15, 0.2) is 23.1 Å². The van der Waals surface area contributed by atoms with Gasteiger partial charge in [0.15, 0.2) is 0 Å². The van der Waals surface area contributed by atoms with Crippen LogP contribution >= 0.6 is 11.6 Å². The van der Waals surface area contributed by atoms with E-state index in [0.29, 0.717) is 49.1 Å². The quantitative estimate of drug-likeness (QED) is 0.406. The number of benzene rings is 1.